The number of cyclic esters (lactones) is 1. The van der Waals surface area contributed by atoms with Crippen molar-refractivity contribution in [3.8, 4) is 0 Å². The summed E-state index contributed by atoms with van der Waals surface area (Å²) in [6.07, 6.45) is 1.41. The molecule has 1 aliphatic rings. The Bertz CT molecular complexity index is 177. The molecule has 2 heteroatoms. The maximum Gasteiger partial charge on any atom is 0.342 e. The first-order valence-electron chi connectivity index (χ1n) is 2.29. The number of hydrogen-bond acceptors (Lipinski definition) is 2. The van der Waals surface area contributed by atoms with Gasteiger partial charge in [-0.05, 0) is 12.5 Å². The summed E-state index contributed by atoms with van der Waals surface area (Å²) in [6.45, 7) is 5.26. The number of carbonyl (C=O) groups excluding carboxylic acids is 1. The van der Waals surface area contributed by atoms with Crippen LogP contribution in [0.1, 0.15) is 6.92 Å². The van der Waals surface area contributed by atoms with E-state index < -0.39 is 0 Å². The van der Waals surface area contributed by atoms with Crippen molar-refractivity contribution in [1.29, 1.82) is 0 Å². The fraction of sp³-hybridized carbons (Fsp3) is 0.167. The van der Waals surface area contributed by atoms with E-state index in [4.69, 9.17) is 0 Å². The smallest absolute Gasteiger partial charge is 0.342 e. The summed E-state index contributed by atoms with van der Waals surface area (Å²) < 4.78 is 4.48. The van der Waals surface area contributed by atoms with E-state index in [0.29, 0.717) is 5.57 Å². The van der Waals surface area contributed by atoms with E-state index >= 15 is 0 Å². The zero-order chi connectivity index (χ0) is 6.15. The molecule has 0 aromatic carbocycles. The summed E-state index contributed by atoms with van der Waals surface area (Å²) in [5.74, 6) is -0.331. The lowest BCUT2D eigenvalue weighted by Gasteiger charge is -1.85. The third-order valence-electron chi connectivity index (χ3n) is 1.07. The Morgan fingerprint density at radius 1 is 1.75 bits per heavy atom. The highest BCUT2D eigenvalue weighted by Gasteiger charge is 2.15. The number of esters is 1. The van der Waals surface area contributed by atoms with E-state index in [0.717, 1.165) is 5.57 Å². The molecule has 1 heterocycles. The summed E-state index contributed by atoms with van der Waals surface area (Å²) in [4.78, 5) is 10.4. The summed E-state index contributed by atoms with van der Waals surface area (Å²) in [7, 11) is 0. The Morgan fingerprint density at radius 2 is 2.38 bits per heavy atom. The lowest BCUT2D eigenvalue weighted by Crippen LogP contribution is -1.93. The van der Waals surface area contributed by atoms with Gasteiger partial charge in [-0.25, -0.2) is 4.79 Å². The van der Waals surface area contributed by atoms with Gasteiger partial charge in [0.05, 0.1) is 11.8 Å². The SMILES string of the molecule is C=C1C(=O)OC=C1C. The summed E-state index contributed by atoms with van der Waals surface area (Å²) >= 11 is 0. The molecule has 0 bridgehead atoms. The molecule has 2 nitrogen and oxygen atoms in total. The van der Waals surface area contributed by atoms with E-state index in [1.165, 1.54) is 6.26 Å². The van der Waals surface area contributed by atoms with E-state index in [1.54, 1.807) is 6.92 Å². The normalized spacial score (nSPS) is 18.4. The molecular formula is C6H6O2. The molecule has 0 aromatic heterocycles. The second-order valence-corrected chi connectivity index (χ2v) is 1.68. The number of ether oxygens (including phenoxy) is 1. The number of carbonyl (C=O) groups is 1. The van der Waals surface area contributed by atoms with Gasteiger partial charge in [0.25, 0.3) is 0 Å². The molecule has 0 radical (unpaired) electrons. The molecule has 0 spiro atoms. The molecular weight excluding hydrogens is 104 g/mol. The fourth-order valence-corrected chi connectivity index (χ4v) is 0.445. The predicted octanol–water partition coefficient (Wildman–Crippen LogP) is 1.00. The van der Waals surface area contributed by atoms with Gasteiger partial charge in [-0.2, -0.15) is 0 Å². The Balaban J connectivity index is 2.89. The van der Waals surface area contributed by atoms with Crippen molar-refractivity contribution in [3.05, 3.63) is 24.0 Å². The minimum absolute atomic E-state index is 0.331. The van der Waals surface area contributed by atoms with Gasteiger partial charge in [0.1, 0.15) is 0 Å². The third-order valence-corrected chi connectivity index (χ3v) is 1.07. The van der Waals surface area contributed by atoms with E-state index in [2.05, 4.69) is 11.3 Å². The standard InChI is InChI=1S/C6H6O2/c1-4-3-8-6(7)5(4)2/h3H,2H2,1H3. The molecule has 0 N–H and O–H groups in total. The largest absolute Gasteiger partial charge is 0.431 e. The maximum atomic E-state index is 10.4. The van der Waals surface area contributed by atoms with Gasteiger partial charge in [-0.3, -0.25) is 0 Å². The van der Waals surface area contributed by atoms with Crippen molar-refractivity contribution in [3.63, 3.8) is 0 Å². The van der Waals surface area contributed by atoms with Gasteiger partial charge in [-0.1, -0.05) is 6.58 Å². The first-order valence-corrected chi connectivity index (χ1v) is 2.29. The molecule has 0 saturated heterocycles. The summed E-state index contributed by atoms with van der Waals surface area (Å²) in [6, 6.07) is 0. The van der Waals surface area contributed by atoms with Crippen LogP contribution in [0.4, 0.5) is 0 Å². The maximum absolute atomic E-state index is 10.4. The first kappa shape index (κ1) is 5.09. The molecule has 0 unspecified atom stereocenters. The number of rotatable bonds is 0. The van der Waals surface area contributed by atoms with E-state index in [1.807, 2.05) is 0 Å². The average Bonchev–Trinajstić information content (AvgIpc) is 1.98. The molecule has 0 aromatic rings. The first-order chi connectivity index (χ1) is 3.72. The van der Waals surface area contributed by atoms with Crippen molar-refractivity contribution < 1.29 is 9.53 Å². The molecule has 0 atom stereocenters. The monoisotopic (exact) mass is 110 g/mol. The lowest BCUT2D eigenvalue weighted by molar-refractivity contribution is -0.132. The lowest BCUT2D eigenvalue weighted by atomic mass is 10.2. The summed E-state index contributed by atoms with van der Waals surface area (Å²) in [5.41, 5.74) is 1.28. The molecule has 0 saturated carbocycles. The van der Waals surface area contributed by atoms with Crippen LogP contribution in [0.2, 0.25) is 0 Å². The molecule has 0 fully saturated rings. The Hall–Kier alpha value is -1.05. The molecule has 1 rings (SSSR count). The van der Waals surface area contributed by atoms with Crippen LogP contribution >= 0.6 is 0 Å². The van der Waals surface area contributed by atoms with Crippen molar-refractivity contribution in [2.24, 2.45) is 0 Å². The van der Waals surface area contributed by atoms with Crippen LogP contribution in [-0.2, 0) is 9.53 Å². The van der Waals surface area contributed by atoms with Crippen LogP contribution in [0.25, 0.3) is 0 Å². The van der Waals surface area contributed by atoms with E-state index in [9.17, 15) is 4.79 Å². The van der Waals surface area contributed by atoms with Crippen molar-refractivity contribution >= 4 is 5.97 Å². The fourth-order valence-electron chi connectivity index (χ4n) is 0.445. The van der Waals surface area contributed by atoms with Crippen LogP contribution < -0.4 is 0 Å². The second-order valence-electron chi connectivity index (χ2n) is 1.68. The van der Waals surface area contributed by atoms with Crippen LogP contribution in [0, 0.1) is 0 Å². The summed E-state index contributed by atoms with van der Waals surface area (Å²) in [5, 5.41) is 0. The molecule has 8 heavy (non-hydrogen) atoms. The van der Waals surface area contributed by atoms with Gasteiger partial charge in [-0.15, -0.1) is 0 Å². The highest BCUT2D eigenvalue weighted by Crippen LogP contribution is 2.15. The van der Waals surface area contributed by atoms with Gasteiger partial charge in [0.2, 0.25) is 0 Å². The zero-order valence-electron chi connectivity index (χ0n) is 4.60. The predicted molar refractivity (Wildman–Crippen MR) is 29.0 cm³/mol. The Morgan fingerprint density at radius 3 is 2.50 bits per heavy atom. The Kier molecular flexibility index (Phi) is 0.938. The topological polar surface area (TPSA) is 26.3 Å². The van der Waals surface area contributed by atoms with Gasteiger partial charge in [0.15, 0.2) is 0 Å². The molecule has 0 amide bonds. The van der Waals surface area contributed by atoms with Gasteiger partial charge < -0.3 is 4.74 Å². The van der Waals surface area contributed by atoms with Crippen LogP contribution in [-0.4, -0.2) is 5.97 Å². The van der Waals surface area contributed by atoms with Crippen LogP contribution in [0.5, 0.6) is 0 Å². The van der Waals surface area contributed by atoms with Crippen LogP contribution in [0.15, 0.2) is 24.0 Å². The second kappa shape index (κ2) is 1.47. The van der Waals surface area contributed by atoms with Crippen molar-refractivity contribution in [2.75, 3.05) is 0 Å². The highest BCUT2D eigenvalue weighted by molar-refractivity contribution is 5.95. The molecule has 0 aliphatic carbocycles. The zero-order valence-corrected chi connectivity index (χ0v) is 4.60. The minimum atomic E-state index is -0.331. The minimum Gasteiger partial charge on any atom is -0.431 e. The van der Waals surface area contributed by atoms with Gasteiger partial charge in [0, 0.05) is 0 Å². The molecule has 42 valence electrons. The highest BCUT2D eigenvalue weighted by atomic mass is 16.5. The van der Waals surface area contributed by atoms with Gasteiger partial charge >= 0.3 is 5.97 Å². The average molecular weight is 110 g/mol. The van der Waals surface area contributed by atoms with Crippen LogP contribution in [0.3, 0.4) is 0 Å². The van der Waals surface area contributed by atoms with Crippen molar-refractivity contribution in [2.45, 2.75) is 6.92 Å². The third kappa shape index (κ3) is 0.541. The van der Waals surface area contributed by atoms with E-state index in [-0.39, 0.29) is 5.97 Å². The Labute approximate surface area is 47.5 Å². The molecule has 1 aliphatic heterocycles. The van der Waals surface area contributed by atoms with Crippen molar-refractivity contribution in [1.82, 2.24) is 0 Å². The quantitative estimate of drug-likeness (QED) is 0.343. The number of hydrogen-bond donors (Lipinski definition) is 0.